The molecule has 0 heterocycles. The number of esters is 1. The summed E-state index contributed by atoms with van der Waals surface area (Å²) in [6.07, 6.45) is 5.86. The SMILES string of the molecule is CCCC/C(C)=C/C(=O)OCCC(C)C. The van der Waals surface area contributed by atoms with Gasteiger partial charge >= 0.3 is 5.97 Å². The molecule has 88 valence electrons. The largest absolute Gasteiger partial charge is 0.463 e. The molecule has 0 aromatic carbocycles. The van der Waals surface area contributed by atoms with Crippen molar-refractivity contribution in [1.29, 1.82) is 0 Å². The third kappa shape index (κ3) is 9.51. The summed E-state index contributed by atoms with van der Waals surface area (Å²) in [6, 6.07) is 0. The van der Waals surface area contributed by atoms with Crippen LogP contribution in [0, 0.1) is 5.92 Å². The summed E-state index contributed by atoms with van der Waals surface area (Å²) < 4.78 is 5.09. The standard InChI is InChI=1S/C13H24O2/c1-5-6-7-12(4)10-13(14)15-9-8-11(2)3/h10-11H,5-9H2,1-4H3/b12-10+. The first kappa shape index (κ1) is 14.2. The fourth-order valence-corrected chi connectivity index (χ4v) is 1.17. The van der Waals surface area contributed by atoms with Gasteiger partial charge in [0.2, 0.25) is 0 Å². The second-order valence-electron chi connectivity index (χ2n) is 4.44. The van der Waals surface area contributed by atoms with Gasteiger partial charge in [0.1, 0.15) is 0 Å². The Hall–Kier alpha value is -0.790. The summed E-state index contributed by atoms with van der Waals surface area (Å²) in [6.45, 7) is 8.91. The van der Waals surface area contributed by atoms with Crippen molar-refractivity contribution in [2.24, 2.45) is 5.92 Å². The number of hydrogen-bond donors (Lipinski definition) is 0. The van der Waals surface area contributed by atoms with Crippen molar-refractivity contribution < 1.29 is 9.53 Å². The number of ether oxygens (including phenoxy) is 1. The van der Waals surface area contributed by atoms with E-state index >= 15 is 0 Å². The molecule has 0 amide bonds. The minimum Gasteiger partial charge on any atom is -0.463 e. The van der Waals surface area contributed by atoms with Crippen molar-refractivity contribution >= 4 is 5.97 Å². The second kappa shape index (κ2) is 8.51. The molecule has 0 atom stereocenters. The average molecular weight is 212 g/mol. The molecule has 0 N–H and O–H groups in total. The predicted octanol–water partition coefficient (Wildman–Crippen LogP) is 3.71. The Balaban J connectivity index is 3.70. The van der Waals surface area contributed by atoms with Gasteiger partial charge in [0.25, 0.3) is 0 Å². The zero-order valence-electron chi connectivity index (χ0n) is 10.5. The first-order valence-corrected chi connectivity index (χ1v) is 5.90. The van der Waals surface area contributed by atoms with E-state index in [0.29, 0.717) is 12.5 Å². The molecule has 0 saturated carbocycles. The van der Waals surface area contributed by atoms with Gasteiger partial charge in [0.15, 0.2) is 0 Å². The highest BCUT2D eigenvalue weighted by molar-refractivity contribution is 5.82. The Labute approximate surface area is 93.7 Å². The van der Waals surface area contributed by atoms with Gasteiger partial charge in [-0.05, 0) is 32.1 Å². The first-order chi connectivity index (χ1) is 7.06. The number of hydrogen-bond acceptors (Lipinski definition) is 2. The van der Waals surface area contributed by atoms with Crippen LogP contribution in [-0.4, -0.2) is 12.6 Å². The molecule has 0 rings (SSSR count). The summed E-state index contributed by atoms with van der Waals surface area (Å²) in [5.74, 6) is 0.396. The highest BCUT2D eigenvalue weighted by Crippen LogP contribution is 2.06. The zero-order chi connectivity index (χ0) is 11.7. The van der Waals surface area contributed by atoms with E-state index < -0.39 is 0 Å². The summed E-state index contributed by atoms with van der Waals surface area (Å²) in [4.78, 5) is 11.3. The van der Waals surface area contributed by atoms with Gasteiger partial charge in [0.05, 0.1) is 6.61 Å². The van der Waals surface area contributed by atoms with Gasteiger partial charge in [-0.25, -0.2) is 4.79 Å². The van der Waals surface area contributed by atoms with Crippen LogP contribution in [0.15, 0.2) is 11.6 Å². The van der Waals surface area contributed by atoms with Crippen LogP contribution in [0.2, 0.25) is 0 Å². The number of unbranched alkanes of at least 4 members (excludes halogenated alkanes) is 1. The third-order valence-corrected chi connectivity index (χ3v) is 2.23. The molecule has 0 aromatic rings. The molecule has 0 saturated heterocycles. The fraction of sp³-hybridized carbons (Fsp3) is 0.769. The molecule has 0 bridgehead atoms. The van der Waals surface area contributed by atoms with Crippen molar-refractivity contribution in [3.63, 3.8) is 0 Å². The number of allylic oxidation sites excluding steroid dienone is 1. The molecule has 0 radical (unpaired) electrons. The Morgan fingerprint density at radius 2 is 2.07 bits per heavy atom. The molecule has 0 unspecified atom stereocenters. The van der Waals surface area contributed by atoms with Crippen LogP contribution in [-0.2, 0) is 9.53 Å². The minimum absolute atomic E-state index is 0.191. The molecule has 0 aliphatic rings. The van der Waals surface area contributed by atoms with Crippen molar-refractivity contribution in [1.82, 2.24) is 0 Å². The molecule has 15 heavy (non-hydrogen) atoms. The molecule has 0 fully saturated rings. The van der Waals surface area contributed by atoms with E-state index in [-0.39, 0.29) is 5.97 Å². The van der Waals surface area contributed by atoms with E-state index in [4.69, 9.17) is 4.74 Å². The predicted molar refractivity (Wildman–Crippen MR) is 63.7 cm³/mol. The van der Waals surface area contributed by atoms with E-state index in [9.17, 15) is 4.79 Å². The first-order valence-electron chi connectivity index (χ1n) is 5.90. The van der Waals surface area contributed by atoms with E-state index in [1.54, 1.807) is 6.08 Å². The summed E-state index contributed by atoms with van der Waals surface area (Å²) in [7, 11) is 0. The number of rotatable bonds is 7. The topological polar surface area (TPSA) is 26.3 Å². The van der Waals surface area contributed by atoms with Gasteiger partial charge in [-0.15, -0.1) is 0 Å². The molecule has 2 heteroatoms. The summed E-state index contributed by atoms with van der Waals surface area (Å²) >= 11 is 0. The lowest BCUT2D eigenvalue weighted by molar-refractivity contribution is -0.138. The van der Waals surface area contributed by atoms with E-state index in [2.05, 4.69) is 20.8 Å². The average Bonchev–Trinajstić information content (AvgIpc) is 2.14. The number of carbonyl (C=O) groups excluding carboxylic acids is 1. The minimum atomic E-state index is -0.191. The molecule has 0 spiro atoms. The maximum Gasteiger partial charge on any atom is 0.330 e. The summed E-state index contributed by atoms with van der Waals surface area (Å²) in [5, 5.41) is 0. The fourth-order valence-electron chi connectivity index (χ4n) is 1.17. The van der Waals surface area contributed by atoms with Crippen LogP contribution in [0.3, 0.4) is 0 Å². The van der Waals surface area contributed by atoms with Crippen molar-refractivity contribution in [3.05, 3.63) is 11.6 Å². The normalized spacial score (nSPS) is 11.9. The van der Waals surface area contributed by atoms with Gasteiger partial charge in [-0.1, -0.05) is 32.8 Å². The lowest BCUT2D eigenvalue weighted by Crippen LogP contribution is -2.05. The van der Waals surface area contributed by atoms with Gasteiger partial charge < -0.3 is 4.74 Å². The Morgan fingerprint density at radius 1 is 1.40 bits per heavy atom. The summed E-state index contributed by atoms with van der Waals surface area (Å²) in [5.41, 5.74) is 1.12. The highest BCUT2D eigenvalue weighted by Gasteiger charge is 2.00. The lowest BCUT2D eigenvalue weighted by atomic mass is 10.1. The van der Waals surface area contributed by atoms with Crippen molar-refractivity contribution in [3.8, 4) is 0 Å². The Kier molecular flexibility index (Phi) is 8.06. The van der Waals surface area contributed by atoms with Crippen LogP contribution in [0.4, 0.5) is 0 Å². The Bertz CT molecular complexity index is 205. The number of carbonyl (C=O) groups is 1. The van der Waals surface area contributed by atoms with E-state index in [1.807, 2.05) is 6.92 Å². The van der Waals surface area contributed by atoms with Gasteiger partial charge in [-0.3, -0.25) is 0 Å². The molecule has 2 nitrogen and oxygen atoms in total. The van der Waals surface area contributed by atoms with Crippen LogP contribution in [0.1, 0.15) is 53.4 Å². The van der Waals surface area contributed by atoms with Crippen LogP contribution < -0.4 is 0 Å². The van der Waals surface area contributed by atoms with Crippen LogP contribution in [0.25, 0.3) is 0 Å². The van der Waals surface area contributed by atoms with Gasteiger partial charge in [-0.2, -0.15) is 0 Å². The molecule has 0 aromatic heterocycles. The monoisotopic (exact) mass is 212 g/mol. The smallest absolute Gasteiger partial charge is 0.330 e. The Morgan fingerprint density at radius 3 is 2.60 bits per heavy atom. The maximum atomic E-state index is 11.3. The van der Waals surface area contributed by atoms with E-state index in [0.717, 1.165) is 31.3 Å². The molecular formula is C13H24O2. The van der Waals surface area contributed by atoms with Crippen molar-refractivity contribution in [2.75, 3.05) is 6.61 Å². The second-order valence-corrected chi connectivity index (χ2v) is 4.44. The maximum absolute atomic E-state index is 11.3. The quantitative estimate of drug-likeness (QED) is 0.475. The molecule has 0 aliphatic carbocycles. The third-order valence-electron chi connectivity index (χ3n) is 2.23. The van der Waals surface area contributed by atoms with Crippen molar-refractivity contribution in [2.45, 2.75) is 53.4 Å². The van der Waals surface area contributed by atoms with Crippen LogP contribution >= 0.6 is 0 Å². The lowest BCUT2D eigenvalue weighted by Gasteiger charge is -2.05. The molecular weight excluding hydrogens is 188 g/mol. The highest BCUT2D eigenvalue weighted by atomic mass is 16.5. The van der Waals surface area contributed by atoms with E-state index in [1.165, 1.54) is 0 Å². The van der Waals surface area contributed by atoms with Gasteiger partial charge in [0, 0.05) is 6.08 Å². The zero-order valence-corrected chi connectivity index (χ0v) is 10.5. The van der Waals surface area contributed by atoms with Crippen LogP contribution in [0.5, 0.6) is 0 Å². The molecule has 0 aliphatic heterocycles.